The van der Waals surface area contributed by atoms with Crippen molar-refractivity contribution in [3.63, 3.8) is 0 Å². The number of anilines is 1. The fourth-order valence-corrected chi connectivity index (χ4v) is 2.44. The van der Waals surface area contributed by atoms with E-state index in [-0.39, 0.29) is 18.3 Å². The molecule has 0 aliphatic carbocycles. The average Bonchev–Trinajstić information content (AvgIpc) is 2.61. The van der Waals surface area contributed by atoms with E-state index in [0.717, 1.165) is 18.7 Å². The molecule has 1 aromatic heterocycles. The SMILES string of the molecule is CC1CC(C)N(C(=O)Cc2ccc(N)cn2)C1.Cl. The molecule has 0 aromatic carbocycles. The van der Waals surface area contributed by atoms with Crippen molar-refractivity contribution in [2.24, 2.45) is 5.92 Å². The van der Waals surface area contributed by atoms with Gasteiger partial charge in [0.2, 0.25) is 5.91 Å². The van der Waals surface area contributed by atoms with Crippen LogP contribution in [-0.2, 0) is 11.2 Å². The van der Waals surface area contributed by atoms with Gasteiger partial charge in [-0.3, -0.25) is 9.78 Å². The van der Waals surface area contributed by atoms with E-state index in [2.05, 4.69) is 18.8 Å². The van der Waals surface area contributed by atoms with Crippen molar-refractivity contribution >= 4 is 24.0 Å². The van der Waals surface area contributed by atoms with E-state index < -0.39 is 0 Å². The van der Waals surface area contributed by atoms with Gasteiger partial charge in [-0.05, 0) is 31.4 Å². The predicted octanol–water partition coefficient (Wildman–Crippen LogP) is 1.89. The molecule has 1 aliphatic heterocycles. The molecule has 1 saturated heterocycles. The summed E-state index contributed by atoms with van der Waals surface area (Å²) in [6.07, 6.45) is 3.07. The third-order valence-electron chi connectivity index (χ3n) is 3.28. The zero-order valence-corrected chi connectivity index (χ0v) is 11.6. The van der Waals surface area contributed by atoms with Gasteiger partial charge in [0.25, 0.3) is 0 Å². The second-order valence-corrected chi connectivity index (χ2v) is 5.00. The molecular weight excluding hydrogens is 250 g/mol. The van der Waals surface area contributed by atoms with E-state index in [4.69, 9.17) is 5.73 Å². The van der Waals surface area contributed by atoms with Crippen LogP contribution in [0.4, 0.5) is 5.69 Å². The van der Waals surface area contributed by atoms with E-state index in [0.29, 0.717) is 24.1 Å². The summed E-state index contributed by atoms with van der Waals surface area (Å²) < 4.78 is 0. The summed E-state index contributed by atoms with van der Waals surface area (Å²) in [6, 6.07) is 3.95. The van der Waals surface area contributed by atoms with E-state index in [9.17, 15) is 4.79 Å². The topological polar surface area (TPSA) is 59.2 Å². The number of likely N-dealkylation sites (tertiary alicyclic amines) is 1. The molecule has 2 N–H and O–H groups in total. The Morgan fingerprint density at radius 2 is 2.22 bits per heavy atom. The summed E-state index contributed by atoms with van der Waals surface area (Å²) in [5.41, 5.74) is 6.98. The summed E-state index contributed by atoms with van der Waals surface area (Å²) in [5, 5.41) is 0. The van der Waals surface area contributed by atoms with Gasteiger partial charge in [0, 0.05) is 18.3 Å². The normalized spacial score (nSPS) is 22.7. The number of carbonyl (C=O) groups excluding carboxylic acids is 1. The highest BCUT2D eigenvalue weighted by molar-refractivity contribution is 5.85. The number of nitrogens with two attached hydrogens (primary N) is 1. The van der Waals surface area contributed by atoms with Crippen LogP contribution >= 0.6 is 12.4 Å². The van der Waals surface area contributed by atoms with Crippen molar-refractivity contribution in [3.8, 4) is 0 Å². The monoisotopic (exact) mass is 269 g/mol. The molecule has 0 bridgehead atoms. The van der Waals surface area contributed by atoms with Crippen molar-refractivity contribution < 1.29 is 4.79 Å². The number of hydrogen-bond acceptors (Lipinski definition) is 3. The summed E-state index contributed by atoms with van der Waals surface area (Å²) in [5.74, 6) is 0.771. The highest BCUT2D eigenvalue weighted by Crippen LogP contribution is 2.22. The fourth-order valence-electron chi connectivity index (χ4n) is 2.44. The van der Waals surface area contributed by atoms with Crippen LogP contribution in [0.15, 0.2) is 18.3 Å². The maximum absolute atomic E-state index is 12.1. The van der Waals surface area contributed by atoms with E-state index in [1.807, 2.05) is 11.0 Å². The molecular formula is C13H20ClN3O. The molecule has 1 amide bonds. The number of nitrogens with zero attached hydrogens (tertiary/aromatic N) is 2. The maximum Gasteiger partial charge on any atom is 0.228 e. The van der Waals surface area contributed by atoms with Gasteiger partial charge >= 0.3 is 0 Å². The largest absolute Gasteiger partial charge is 0.397 e. The number of carbonyl (C=O) groups is 1. The molecule has 100 valence electrons. The van der Waals surface area contributed by atoms with Crippen molar-refractivity contribution in [1.82, 2.24) is 9.88 Å². The second-order valence-electron chi connectivity index (χ2n) is 5.00. The Hall–Kier alpha value is -1.29. The fraction of sp³-hybridized carbons (Fsp3) is 0.538. The molecule has 0 spiro atoms. The minimum absolute atomic E-state index is 0. The molecule has 4 nitrogen and oxygen atoms in total. The number of rotatable bonds is 2. The smallest absolute Gasteiger partial charge is 0.228 e. The highest BCUT2D eigenvalue weighted by Gasteiger charge is 2.29. The van der Waals surface area contributed by atoms with Crippen LogP contribution in [0.2, 0.25) is 0 Å². The zero-order valence-electron chi connectivity index (χ0n) is 10.8. The summed E-state index contributed by atoms with van der Waals surface area (Å²) in [6.45, 7) is 5.16. The number of hydrogen-bond donors (Lipinski definition) is 1. The highest BCUT2D eigenvalue weighted by atomic mass is 35.5. The zero-order chi connectivity index (χ0) is 12.4. The Morgan fingerprint density at radius 3 is 2.72 bits per heavy atom. The van der Waals surface area contributed by atoms with Crippen molar-refractivity contribution in [2.75, 3.05) is 12.3 Å². The standard InChI is InChI=1S/C13H19N3O.ClH/c1-9-5-10(2)16(8-9)13(17)6-12-4-3-11(14)7-15-12;/h3-4,7,9-10H,5-6,8,14H2,1-2H3;1H. The van der Waals surface area contributed by atoms with Crippen LogP contribution in [0, 0.1) is 5.92 Å². The quantitative estimate of drug-likeness (QED) is 0.892. The van der Waals surface area contributed by atoms with Crippen molar-refractivity contribution in [2.45, 2.75) is 32.7 Å². The van der Waals surface area contributed by atoms with Crippen LogP contribution in [0.1, 0.15) is 26.0 Å². The van der Waals surface area contributed by atoms with Gasteiger partial charge in [0.05, 0.1) is 18.3 Å². The molecule has 2 heterocycles. The lowest BCUT2D eigenvalue weighted by molar-refractivity contribution is -0.131. The first-order valence-electron chi connectivity index (χ1n) is 6.06. The molecule has 2 rings (SSSR count). The first-order valence-corrected chi connectivity index (χ1v) is 6.06. The molecule has 0 radical (unpaired) electrons. The van der Waals surface area contributed by atoms with Gasteiger partial charge in [-0.15, -0.1) is 12.4 Å². The molecule has 0 saturated carbocycles. The van der Waals surface area contributed by atoms with Gasteiger partial charge in [0.15, 0.2) is 0 Å². The van der Waals surface area contributed by atoms with Gasteiger partial charge in [-0.25, -0.2) is 0 Å². The molecule has 2 unspecified atom stereocenters. The first-order chi connectivity index (χ1) is 8.06. The van der Waals surface area contributed by atoms with E-state index in [1.165, 1.54) is 0 Å². The molecule has 1 aromatic rings. The van der Waals surface area contributed by atoms with Gasteiger partial charge < -0.3 is 10.6 Å². The number of aromatic nitrogens is 1. The molecule has 5 heteroatoms. The number of pyridine rings is 1. The second kappa shape index (κ2) is 6.05. The van der Waals surface area contributed by atoms with Crippen LogP contribution in [0.3, 0.4) is 0 Å². The Kier molecular flexibility index (Phi) is 4.96. The third-order valence-corrected chi connectivity index (χ3v) is 3.28. The molecule has 2 atom stereocenters. The van der Waals surface area contributed by atoms with E-state index in [1.54, 1.807) is 12.3 Å². The van der Waals surface area contributed by atoms with Gasteiger partial charge in [-0.1, -0.05) is 6.92 Å². The predicted molar refractivity (Wildman–Crippen MR) is 74.6 cm³/mol. The Morgan fingerprint density at radius 1 is 1.50 bits per heavy atom. The minimum Gasteiger partial charge on any atom is -0.397 e. The van der Waals surface area contributed by atoms with Crippen LogP contribution in [-0.4, -0.2) is 28.4 Å². The summed E-state index contributed by atoms with van der Waals surface area (Å²) >= 11 is 0. The Balaban J connectivity index is 0.00000162. The van der Waals surface area contributed by atoms with Gasteiger partial charge in [-0.2, -0.15) is 0 Å². The lowest BCUT2D eigenvalue weighted by Gasteiger charge is -2.21. The maximum atomic E-state index is 12.1. The molecule has 18 heavy (non-hydrogen) atoms. The average molecular weight is 270 g/mol. The summed E-state index contributed by atoms with van der Waals surface area (Å²) in [7, 11) is 0. The lowest BCUT2D eigenvalue weighted by Crippen LogP contribution is -2.35. The van der Waals surface area contributed by atoms with Crippen molar-refractivity contribution in [1.29, 1.82) is 0 Å². The number of amides is 1. The summed E-state index contributed by atoms with van der Waals surface area (Å²) in [4.78, 5) is 18.2. The molecule has 1 fully saturated rings. The number of halogens is 1. The van der Waals surface area contributed by atoms with E-state index >= 15 is 0 Å². The van der Waals surface area contributed by atoms with Crippen molar-refractivity contribution in [3.05, 3.63) is 24.0 Å². The lowest BCUT2D eigenvalue weighted by atomic mass is 10.1. The third kappa shape index (κ3) is 3.35. The van der Waals surface area contributed by atoms with Crippen LogP contribution in [0.25, 0.3) is 0 Å². The van der Waals surface area contributed by atoms with Crippen LogP contribution < -0.4 is 5.73 Å². The number of nitrogen functional groups attached to an aromatic ring is 1. The molecule has 1 aliphatic rings. The minimum atomic E-state index is 0. The Bertz CT molecular complexity index is 407. The van der Waals surface area contributed by atoms with Gasteiger partial charge in [0.1, 0.15) is 0 Å². The van der Waals surface area contributed by atoms with Crippen LogP contribution in [0.5, 0.6) is 0 Å². The first kappa shape index (κ1) is 14.8. The Labute approximate surface area is 114 Å².